The summed E-state index contributed by atoms with van der Waals surface area (Å²) in [6.07, 6.45) is 2.83. The second-order valence-electron chi connectivity index (χ2n) is 7.58. The Bertz CT molecular complexity index is 886. The van der Waals surface area contributed by atoms with Crippen molar-refractivity contribution in [3.63, 3.8) is 0 Å². The largest absolute Gasteiger partial charge is 0.507 e. The molecule has 0 saturated carbocycles. The minimum Gasteiger partial charge on any atom is -0.507 e. The number of phenolic OH excluding ortho intramolecular Hbond substituents is 1. The lowest BCUT2D eigenvalue weighted by Crippen LogP contribution is -2.43. The minimum atomic E-state index is -0.322. The second-order valence-corrected chi connectivity index (χ2v) is 7.58. The monoisotopic (exact) mass is 380 g/mol. The normalized spacial score (nSPS) is 21.2. The molecule has 1 aliphatic carbocycles. The number of phenols is 1. The summed E-state index contributed by atoms with van der Waals surface area (Å²) in [5, 5.41) is 10.3. The van der Waals surface area contributed by atoms with Crippen LogP contribution in [0.2, 0.25) is 0 Å². The summed E-state index contributed by atoms with van der Waals surface area (Å²) in [6.45, 7) is 6.26. The molecule has 4 heteroatoms. The van der Waals surface area contributed by atoms with Gasteiger partial charge in [-0.05, 0) is 61.3 Å². The zero-order valence-electron chi connectivity index (χ0n) is 16.8. The van der Waals surface area contributed by atoms with E-state index in [1.54, 1.807) is 25.1 Å². The van der Waals surface area contributed by atoms with E-state index in [4.69, 9.17) is 4.74 Å². The predicted octanol–water partition coefficient (Wildman–Crippen LogP) is 4.97. The Morgan fingerprint density at radius 2 is 1.89 bits per heavy atom. The number of hydrogen-bond acceptors (Lipinski definition) is 4. The topological polar surface area (TPSA) is 63.6 Å². The predicted molar refractivity (Wildman–Crippen MR) is 109 cm³/mol. The van der Waals surface area contributed by atoms with Crippen LogP contribution in [0.4, 0.5) is 0 Å². The first-order valence-corrected chi connectivity index (χ1v) is 10.1. The van der Waals surface area contributed by atoms with Crippen molar-refractivity contribution in [3.8, 4) is 5.75 Å². The maximum Gasteiger partial charge on any atom is 0.338 e. The minimum absolute atomic E-state index is 0.0114. The molecule has 0 radical (unpaired) electrons. The smallest absolute Gasteiger partial charge is 0.338 e. The van der Waals surface area contributed by atoms with Crippen molar-refractivity contribution < 1.29 is 19.4 Å². The number of benzene rings is 2. The molecule has 0 aliphatic heterocycles. The fourth-order valence-electron chi connectivity index (χ4n) is 4.74. The van der Waals surface area contributed by atoms with Gasteiger partial charge in [0, 0.05) is 5.92 Å². The Kier molecular flexibility index (Phi) is 5.87. The van der Waals surface area contributed by atoms with Gasteiger partial charge in [-0.2, -0.15) is 0 Å². The van der Waals surface area contributed by atoms with Crippen LogP contribution in [0.5, 0.6) is 5.75 Å². The van der Waals surface area contributed by atoms with E-state index in [-0.39, 0.29) is 28.8 Å². The van der Waals surface area contributed by atoms with E-state index in [0.717, 1.165) is 17.5 Å². The molecule has 0 saturated heterocycles. The first kappa shape index (κ1) is 20.1. The molecule has 0 heterocycles. The van der Waals surface area contributed by atoms with Crippen LogP contribution in [0.15, 0.2) is 42.5 Å². The van der Waals surface area contributed by atoms with Gasteiger partial charge in [-0.25, -0.2) is 4.79 Å². The zero-order valence-corrected chi connectivity index (χ0v) is 16.8. The van der Waals surface area contributed by atoms with Crippen LogP contribution >= 0.6 is 0 Å². The highest BCUT2D eigenvalue weighted by molar-refractivity contribution is 6.03. The molecular weight excluding hydrogens is 352 g/mol. The first-order chi connectivity index (χ1) is 13.5. The van der Waals surface area contributed by atoms with Gasteiger partial charge in [0.25, 0.3) is 0 Å². The molecule has 2 atom stereocenters. The fourth-order valence-corrected chi connectivity index (χ4v) is 4.74. The van der Waals surface area contributed by atoms with Gasteiger partial charge in [0.2, 0.25) is 0 Å². The molecule has 2 aromatic rings. The van der Waals surface area contributed by atoms with Gasteiger partial charge < -0.3 is 9.84 Å². The fraction of sp³-hybridized carbons (Fsp3) is 0.417. The number of carbonyl (C=O) groups excluding carboxylic acids is 2. The van der Waals surface area contributed by atoms with Gasteiger partial charge in [0.15, 0.2) is 5.78 Å². The van der Waals surface area contributed by atoms with E-state index in [1.807, 2.05) is 31.2 Å². The molecule has 0 spiro atoms. The van der Waals surface area contributed by atoms with Crippen molar-refractivity contribution in [2.75, 3.05) is 6.61 Å². The lowest BCUT2D eigenvalue weighted by atomic mass is 9.59. The molecule has 0 amide bonds. The number of fused-ring (bicyclic) bond motifs is 1. The molecule has 0 bridgehead atoms. The van der Waals surface area contributed by atoms with Gasteiger partial charge in [0.1, 0.15) is 5.75 Å². The average molecular weight is 380 g/mol. The number of ketones is 1. The summed E-state index contributed by atoms with van der Waals surface area (Å²) in [5.74, 6) is -0.443. The highest BCUT2D eigenvalue weighted by Gasteiger charge is 2.46. The van der Waals surface area contributed by atoms with E-state index >= 15 is 0 Å². The van der Waals surface area contributed by atoms with Crippen LogP contribution in [0.25, 0.3) is 0 Å². The van der Waals surface area contributed by atoms with Crippen molar-refractivity contribution in [1.82, 2.24) is 0 Å². The van der Waals surface area contributed by atoms with E-state index in [2.05, 4.69) is 6.92 Å². The summed E-state index contributed by atoms with van der Waals surface area (Å²) < 4.78 is 5.23. The highest BCUT2D eigenvalue weighted by atomic mass is 16.5. The molecule has 28 heavy (non-hydrogen) atoms. The number of Topliss-reactive ketones (excluding diaryl/α,β-unsaturated/α-hetero) is 1. The summed E-state index contributed by atoms with van der Waals surface area (Å²) in [7, 11) is 0. The number of ether oxygens (including phenoxy) is 1. The first-order valence-electron chi connectivity index (χ1n) is 10.1. The van der Waals surface area contributed by atoms with Crippen LogP contribution in [0.3, 0.4) is 0 Å². The third-order valence-corrected chi connectivity index (χ3v) is 6.14. The van der Waals surface area contributed by atoms with Crippen molar-refractivity contribution in [2.24, 2.45) is 11.3 Å². The lowest BCUT2D eigenvalue weighted by Gasteiger charge is -2.44. The lowest BCUT2D eigenvalue weighted by molar-refractivity contribution is 0.0522. The maximum atomic E-state index is 13.3. The SMILES string of the molecule is CCOC(=O)c1ccccc1CC1(CC)Cc2cccc(O)c2C(=O)C1CC. The van der Waals surface area contributed by atoms with E-state index in [9.17, 15) is 14.7 Å². The molecule has 1 N–H and O–H groups in total. The molecule has 0 aromatic heterocycles. The molecule has 2 aromatic carbocycles. The zero-order chi connectivity index (χ0) is 20.3. The number of esters is 1. The Hall–Kier alpha value is -2.62. The van der Waals surface area contributed by atoms with Crippen LogP contribution in [0.1, 0.15) is 65.5 Å². The van der Waals surface area contributed by atoms with Gasteiger partial charge in [-0.3, -0.25) is 4.79 Å². The third kappa shape index (κ3) is 3.44. The highest BCUT2D eigenvalue weighted by Crippen LogP contribution is 2.48. The Morgan fingerprint density at radius 1 is 1.14 bits per heavy atom. The Labute approximate surface area is 166 Å². The quantitative estimate of drug-likeness (QED) is 0.719. The third-order valence-electron chi connectivity index (χ3n) is 6.14. The van der Waals surface area contributed by atoms with E-state index in [1.165, 1.54) is 0 Å². The van der Waals surface area contributed by atoms with Gasteiger partial charge in [-0.15, -0.1) is 0 Å². The molecule has 3 rings (SSSR count). The van der Waals surface area contributed by atoms with E-state index in [0.29, 0.717) is 37.0 Å². The number of aromatic hydroxyl groups is 1. The average Bonchev–Trinajstić information content (AvgIpc) is 2.68. The van der Waals surface area contributed by atoms with Gasteiger partial charge in [-0.1, -0.05) is 44.2 Å². The molecule has 0 fully saturated rings. The number of rotatable bonds is 6. The second kappa shape index (κ2) is 8.17. The summed E-state index contributed by atoms with van der Waals surface area (Å²) >= 11 is 0. The summed E-state index contributed by atoms with van der Waals surface area (Å²) in [5.41, 5.74) is 2.55. The molecule has 4 nitrogen and oxygen atoms in total. The van der Waals surface area contributed by atoms with E-state index < -0.39 is 0 Å². The van der Waals surface area contributed by atoms with Crippen LogP contribution in [-0.4, -0.2) is 23.5 Å². The maximum absolute atomic E-state index is 13.3. The molecular formula is C24H28O4. The summed E-state index contributed by atoms with van der Waals surface area (Å²) in [4.78, 5) is 25.7. The van der Waals surface area contributed by atoms with Crippen molar-refractivity contribution in [3.05, 3.63) is 64.7 Å². The van der Waals surface area contributed by atoms with Gasteiger partial charge >= 0.3 is 5.97 Å². The van der Waals surface area contributed by atoms with Crippen LogP contribution < -0.4 is 0 Å². The van der Waals surface area contributed by atoms with Crippen molar-refractivity contribution in [2.45, 2.75) is 46.5 Å². The number of hydrogen-bond donors (Lipinski definition) is 1. The van der Waals surface area contributed by atoms with Crippen molar-refractivity contribution >= 4 is 11.8 Å². The standard InChI is InChI=1S/C24H28O4/c1-4-19-22(26)21-17(11-9-13-20(21)25)15-24(19,5-2)14-16-10-7-8-12-18(16)23(27)28-6-3/h7-13,19,25H,4-6,14-15H2,1-3H3. The Morgan fingerprint density at radius 3 is 2.57 bits per heavy atom. The molecule has 1 aliphatic rings. The Balaban J connectivity index is 2.07. The van der Waals surface area contributed by atoms with Crippen LogP contribution in [0, 0.1) is 11.3 Å². The van der Waals surface area contributed by atoms with Crippen LogP contribution in [-0.2, 0) is 17.6 Å². The molecule has 2 unspecified atom stereocenters. The van der Waals surface area contributed by atoms with Crippen molar-refractivity contribution in [1.29, 1.82) is 0 Å². The summed E-state index contributed by atoms with van der Waals surface area (Å²) in [6, 6.07) is 12.8. The van der Waals surface area contributed by atoms with Gasteiger partial charge in [0.05, 0.1) is 17.7 Å². The number of carbonyl (C=O) groups is 2. The molecule has 148 valence electrons.